The number of aromatic nitrogens is 2. The lowest BCUT2D eigenvalue weighted by atomic mass is 10.0. The molecule has 29 heavy (non-hydrogen) atoms. The minimum atomic E-state index is -0.405. The maximum Gasteiger partial charge on any atom is 0.309 e. The number of aryl methyl sites for hydroxylation is 2. The molecular formula is C23H25N3O3. The zero-order valence-electron chi connectivity index (χ0n) is 17.2. The summed E-state index contributed by atoms with van der Waals surface area (Å²) in [6.45, 7) is 6.96. The normalized spacial score (nSPS) is 10.6. The standard InChI is InChI=1S/C23H25N3O3/c1-5-6-21-22(18-9-11-19(12-10-18)24-16(3)27)23(29-17(4)28)26(25-21)20-13-7-15(2)8-14-20/h7-14H,5-6H2,1-4H3,(H,24,27). The highest BCUT2D eigenvalue weighted by atomic mass is 16.5. The average molecular weight is 391 g/mol. The number of hydrogen-bond donors (Lipinski definition) is 1. The van der Waals surface area contributed by atoms with Gasteiger partial charge in [-0.1, -0.05) is 43.2 Å². The van der Waals surface area contributed by atoms with Gasteiger partial charge in [0.15, 0.2) is 0 Å². The van der Waals surface area contributed by atoms with Gasteiger partial charge in [-0.05, 0) is 43.2 Å². The van der Waals surface area contributed by atoms with Gasteiger partial charge in [-0.2, -0.15) is 9.78 Å². The van der Waals surface area contributed by atoms with Gasteiger partial charge < -0.3 is 10.1 Å². The Balaban J connectivity index is 2.16. The van der Waals surface area contributed by atoms with Crippen LogP contribution in [0.1, 0.15) is 38.4 Å². The number of nitrogens with one attached hydrogen (secondary N) is 1. The largest absolute Gasteiger partial charge is 0.407 e. The summed E-state index contributed by atoms with van der Waals surface area (Å²) in [5, 5.41) is 7.53. The summed E-state index contributed by atoms with van der Waals surface area (Å²) in [5.41, 5.74) is 5.19. The molecule has 0 saturated heterocycles. The van der Waals surface area contributed by atoms with Crippen molar-refractivity contribution in [1.82, 2.24) is 9.78 Å². The topological polar surface area (TPSA) is 73.2 Å². The van der Waals surface area contributed by atoms with Crippen molar-refractivity contribution in [3.8, 4) is 22.7 Å². The minimum Gasteiger partial charge on any atom is -0.407 e. The molecule has 6 nitrogen and oxygen atoms in total. The van der Waals surface area contributed by atoms with E-state index in [9.17, 15) is 9.59 Å². The van der Waals surface area contributed by atoms with Crippen molar-refractivity contribution in [3.05, 3.63) is 59.8 Å². The highest BCUT2D eigenvalue weighted by Gasteiger charge is 2.23. The Kier molecular flexibility index (Phi) is 6.12. The van der Waals surface area contributed by atoms with Gasteiger partial charge in [0.1, 0.15) is 0 Å². The van der Waals surface area contributed by atoms with Crippen LogP contribution in [-0.2, 0) is 16.0 Å². The van der Waals surface area contributed by atoms with E-state index in [0.29, 0.717) is 11.6 Å². The number of ether oxygens (including phenoxy) is 1. The molecule has 0 bridgehead atoms. The van der Waals surface area contributed by atoms with Crippen LogP contribution in [0.4, 0.5) is 5.69 Å². The van der Waals surface area contributed by atoms with Crippen molar-refractivity contribution in [2.75, 3.05) is 5.32 Å². The third-order valence-electron chi connectivity index (χ3n) is 4.42. The van der Waals surface area contributed by atoms with Crippen molar-refractivity contribution in [2.45, 2.75) is 40.5 Å². The number of anilines is 1. The van der Waals surface area contributed by atoms with Crippen LogP contribution in [0.3, 0.4) is 0 Å². The predicted molar refractivity (Wildman–Crippen MR) is 113 cm³/mol. The van der Waals surface area contributed by atoms with E-state index in [0.717, 1.165) is 40.9 Å². The van der Waals surface area contributed by atoms with Crippen LogP contribution in [0, 0.1) is 6.92 Å². The molecule has 0 unspecified atom stereocenters. The number of carbonyl (C=O) groups excluding carboxylic acids is 2. The van der Waals surface area contributed by atoms with Gasteiger partial charge in [-0.25, -0.2) is 0 Å². The van der Waals surface area contributed by atoms with Crippen LogP contribution in [0.5, 0.6) is 5.88 Å². The van der Waals surface area contributed by atoms with Crippen LogP contribution in [0.2, 0.25) is 0 Å². The second kappa shape index (κ2) is 8.73. The van der Waals surface area contributed by atoms with E-state index in [1.165, 1.54) is 13.8 Å². The number of esters is 1. The van der Waals surface area contributed by atoms with Crippen LogP contribution in [-0.4, -0.2) is 21.7 Å². The first-order chi connectivity index (χ1) is 13.9. The summed E-state index contributed by atoms with van der Waals surface area (Å²) < 4.78 is 7.31. The van der Waals surface area contributed by atoms with Crippen molar-refractivity contribution < 1.29 is 14.3 Å². The Labute approximate surface area is 170 Å². The lowest BCUT2D eigenvalue weighted by Gasteiger charge is -2.10. The Bertz CT molecular complexity index is 1020. The molecule has 0 aliphatic rings. The number of hydrogen-bond acceptors (Lipinski definition) is 4. The van der Waals surface area contributed by atoms with E-state index in [4.69, 9.17) is 9.84 Å². The number of benzene rings is 2. The third kappa shape index (κ3) is 4.71. The summed E-state index contributed by atoms with van der Waals surface area (Å²) in [6, 6.07) is 15.3. The smallest absolute Gasteiger partial charge is 0.309 e. The van der Waals surface area contributed by atoms with Gasteiger partial charge in [0, 0.05) is 19.5 Å². The highest BCUT2D eigenvalue weighted by molar-refractivity contribution is 5.89. The van der Waals surface area contributed by atoms with E-state index in [2.05, 4.69) is 12.2 Å². The first-order valence-electron chi connectivity index (χ1n) is 9.64. The molecule has 150 valence electrons. The zero-order chi connectivity index (χ0) is 21.0. The molecule has 0 aliphatic carbocycles. The molecule has 1 aromatic heterocycles. The number of amides is 1. The SMILES string of the molecule is CCCc1nn(-c2ccc(C)cc2)c(OC(C)=O)c1-c1ccc(NC(C)=O)cc1. The number of carbonyl (C=O) groups is 2. The molecule has 0 aliphatic heterocycles. The maximum absolute atomic E-state index is 11.9. The van der Waals surface area contributed by atoms with Gasteiger partial charge in [0.2, 0.25) is 11.8 Å². The van der Waals surface area contributed by atoms with Gasteiger partial charge in [0.25, 0.3) is 0 Å². The van der Waals surface area contributed by atoms with Crippen LogP contribution in [0.15, 0.2) is 48.5 Å². The Hall–Kier alpha value is -3.41. The second-order valence-corrected chi connectivity index (χ2v) is 6.98. The Morgan fingerprint density at radius 3 is 2.24 bits per heavy atom. The molecule has 0 fully saturated rings. The van der Waals surface area contributed by atoms with Gasteiger partial charge in [0.05, 0.1) is 16.9 Å². The predicted octanol–water partition coefficient (Wildman–Crippen LogP) is 4.68. The molecule has 2 aromatic carbocycles. The van der Waals surface area contributed by atoms with Crippen LogP contribution >= 0.6 is 0 Å². The quantitative estimate of drug-likeness (QED) is 0.619. The van der Waals surface area contributed by atoms with E-state index in [-0.39, 0.29) is 5.91 Å². The van der Waals surface area contributed by atoms with Crippen LogP contribution in [0.25, 0.3) is 16.8 Å². The van der Waals surface area contributed by atoms with Crippen molar-refractivity contribution in [2.24, 2.45) is 0 Å². The maximum atomic E-state index is 11.9. The zero-order valence-corrected chi connectivity index (χ0v) is 17.2. The molecule has 6 heteroatoms. The first-order valence-corrected chi connectivity index (χ1v) is 9.64. The fourth-order valence-electron chi connectivity index (χ4n) is 3.16. The molecule has 0 saturated carbocycles. The van der Waals surface area contributed by atoms with E-state index in [1.54, 1.807) is 4.68 Å². The highest BCUT2D eigenvalue weighted by Crippen LogP contribution is 2.37. The molecule has 1 heterocycles. The summed E-state index contributed by atoms with van der Waals surface area (Å²) in [4.78, 5) is 23.2. The van der Waals surface area contributed by atoms with Crippen molar-refractivity contribution in [1.29, 1.82) is 0 Å². The van der Waals surface area contributed by atoms with E-state index < -0.39 is 5.97 Å². The third-order valence-corrected chi connectivity index (χ3v) is 4.42. The fourth-order valence-corrected chi connectivity index (χ4v) is 3.16. The van der Waals surface area contributed by atoms with E-state index >= 15 is 0 Å². The summed E-state index contributed by atoms with van der Waals surface area (Å²) in [7, 11) is 0. The first kappa shape index (κ1) is 20.3. The Morgan fingerprint density at radius 2 is 1.69 bits per heavy atom. The Morgan fingerprint density at radius 1 is 1.03 bits per heavy atom. The monoisotopic (exact) mass is 391 g/mol. The fraction of sp³-hybridized carbons (Fsp3) is 0.261. The lowest BCUT2D eigenvalue weighted by Crippen LogP contribution is -2.08. The number of nitrogens with zero attached hydrogens (tertiary/aromatic N) is 2. The average Bonchev–Trinajstić information content (AvgIpc) is 3.00. The molecule has 0 spiro atoms. The van der Waals surface area contributed by atoms with Gasteiger partial charge >= 0.3 is 5.97 Å². The molecule has 3 aromatic rings. The second-order valence-electron chi connectivity index (χ2n) is 6.98. The van der Waals surface area contributed by atoms with E-state index in [1.807, 2.05) is 55.5 Å². The molecule has 1 amide bonds. The van der Waals surface area contributed by atoms with Gasteiger partial charge in [-0.15, -0.1) is 0 Å². The molecular weight excluding hydrogens is 366 g/mol. The van der Waals surface area contributed by atoms with Crippen LogP contribution < -0.4 is 10.1 Å². The van der Waals surface area contributed by atoms with Crippen molar-refractivity contribution in [3.63, 3.8) is 0 Å². The lowest BCUT2D eigenvalue weighted by molar-refractivity contribution is -0.132. The summed E-state index contributed by atoms with van der Waals surface area (Å²) in [6.07, 6.45) is 1.65. The molecule has 0 atom stereocenters. The van der Waals surface area contributed by atoms with Crippen molar-refractivity contribution >= 4 is 17.6 Å². The van der Waals surface area contributed by atoms with Gasteiger partial charge in [-0.3, -0.25) is 9.59 Å². The summed E-state index contributed by atoms with van der Waals surface area (Å²) >= 11 is 0. The minimum absolute atomic E-state index is 0.128. The number of rotatable bonds is 6. The molecule has 0 radical (unpaired) electrons. The summed E-state index contributed by atoms with van der Waals surface area (Å²) in [5.74, 6) is -0.133. The molecule has 3 rings (SSSR count). The molecule has 1 N–H and O–H groups in total.